The summed E-state index contributed by atoms with van der Waals surface area (Å²) in [5.41, 5.74) is -1.69. The molecule has 1 atom stereocenters. The highest BCUT2D eigenvalue weighted by Crippen LogP contribution is 2.57. The van der Waals surface area contributed by atoms with Gasteiger partial charge in [-0.3, -0.25) is 9.52 Å². The van der Waals surface area contributed by atoms with Gasteiger partial charge in [-0.1, -0.05) is 13.2 Å². The van der Waals surface area contributed by atoms with Gasteiger partial charge < -0.3 is 15.0 Å². The number of halogens is 3. The van der Waals surface area contributed by atoms with E-state index < -0.39 is 18.2 Å². The van der Waals surface area contributed by atoms with Crippen LogP contribution in [0.4, 0.5) is 19.0 Å². The number of aliphatic imine (C=N–C) groups is 1. The minimum absolute atomic E-state index is 0.0571. The molecule has 40 heavy (non-hydrogen) atoms. The largest absolute Gasteiger partial charge is 0.476 e. The number of fused-ring (bicyclic) bond motifs is 4. The van der Waals surface area contributed by atoms with E-state index in [9.17, 15) is 18.0 Å². The molecule has 0 spiro atoms. The fourth-order valence-electron chi connectivity index (χ4n) is 5.14. The van der Waals surface area contributed by atoms with Crippen molar-refractivity contribution in [1.82, 2.24) is 24.8 Å². The van der Waals surface area contributed by atoms with Crippen molar-refractivity contribution in [3.05, 3.63) is 55.0 Å². The number of nitrogens with zero attached hydrogens (tertiary/aromatic N) is 5. The topological polar surface area (TPSA) is 96.7 Å². The van der Waals surface area contributed by atoms with E-state index in [1.807, 2.05) is 0 Å². The lowest BCUT2D eigenvalue weighted by Crippen LogP contribution is -2.40. The van der Waals surface area contributed by atoms with Crippen molar-refractivity contribution in [2.75, 3.05) is 24.6 Å². The molecule has 1 saturated heterocycles. The Morgan fingerprint density at radius 1 is 1.27 bits per heavy atom. The Morgan fingerprint density at radius 3 is 2.75 bits per heavy atom. The highest BCUT2D eigenvalue weighted by molar-refractivity contribution is 8.13. The summed E-state index contributed by atoms with van der Waals surface area (Å²) in [7, 11) is 0. The zero-order chi connectivity index (χ0) is 28.7. The van der Waals surface area contributed by atoms with Crippen LogP contribution in [0.15, 0.2) is 54.4 Å². The summed E-state index contributed by atoms with van der Waals surface area (Å²) in [5, 5.41) is 8.03. The molecule has 4 heterocycles. The third-order valence-corrected chi connectivity index (χ3v) is 8.38. The minimum Gasteiger partial charge on any atom is -0.476 e. The first-order chi connectivity index (χ1) is 18.9. The number of ether oxygens (including phenoxy) is 1. The van der Waals surface area contributed by atoms with Crippen molar-refractivity contribution >= 4 is 28.7 Å². The summed E-state index contributed by atoms with van der Waals surface area (Å²) in [6.07, 6.45) is 0.709. The van der Waals surface area contributed by atoms with Gasteiger partial charge in [-0.25, -0.2) is 14.7 Å². The van der Waals surface area contributed by atoms with Crippen LogP contribution in [0.1, 0.15) is 49.9 Å². The third kappa shape index (κ3) is 5.70. The van der Waals surface area contributed by atoms with Crippen LogP contribution in [0.25, 0.3) is 5.82 Å². The third-order valence-electron chi connectivity index (χ3n) is 7.62. The Morgan fingerprint density at radius 2 is 2.05 bits per heavy atom. The van der Waals surface area contributed by atoms with E-state index in [1.54, 1.807) is 24.4 Å². The molecule has 2 aromatic rings. The second kappa shape index (κ2) is 10.5. The van der Waals surface area contributed by atoms with Crippen LogP contribution < -0.4 is 19.7 Å². The fraction of sp³-hybridized carbons (Fsp3) is 0.481. The summed E-state index contributed by atoms with van der Waals surface area (Å²) >= 11 is 1.03. The van der Waals surface area contributed by atoms with Crippen LogP contribution in [0.5, 0.6) is 5.88 Å². The molecular weight excluding hydrogens is 543 g/mol. The molecule has 13 heteroatoms. The zero-order valence-electron chi connectivity index (χ0n) is 22.4. The predicted molar refractivity (Wildman–Crippen MR) is 149 cm³/mol. The van der Waals surface area contributed by atoms with Crippen molar-refractivity contribution in [2.24, 2.45) is 16.3 Å². The van der Waals surface area contributed by atoms with Gasteiger partial charge in [-0.05, 0) is 63.7 Å². The number of alkyl halides is 3. The molecule has 2 N–H and O–H groups in total. The van der Waals surface area contributed by atoms with Gasteiger partial charge in [0.15, 0.2) is 5.82 Å². The summed E-state index contributed by atoms with van der Waals surface area (Å²) < 4.78 is 49.6. The van der Waals surface area contributed by atoms with E-state index in [1.165, 1.54) is 10.7 Å². The molecule has 214 valence electrons. The van der Waals surface area contributed by atoms with E-state index in [-0.39, 0.29) is 30.2 Å². The number of anilines is 1. The van der Waals surface area contributed by atoms with Crippen molar-refractivity contribution in [2.45, 2.75) is 51.2 Å². The van der Waals surface area contributed by atoms with Gasteiger partial charge in [0, 0.05) is 42.8 Å². The first-order valence-electron chi connectivity index (χ1n) is 13.1. The number of nitrogens with one attached hydrogen (secondary N) is 2. The molecule has 0 aromatic carbocycles. The van der Waals surface area contributed by atoms with E-state index in [0.717, 1.165) is 24.8 Å². The molecule has 2 aliphatic heterocycles. The van der Waals surface area contributed by atoms with Crippen molar-refractivity contribution in [1.29, 1.82) is 0 Å². The Hall–Kier alpha value is -3.48. The molecule has 9 nitrogen and oxygen atoms in total. The van der Waals surface area contributed by atoms with E-state index in [4.69, 9.17) is 9.72 Å². The molecule has 1 unspecified atom stereocenters. The van der Waals surface area contributed by atoms with Gasteiger partial charge in [0.05, 0.1) is 5.56 Å². The standard InChI is InChI=1S/C27H32F3N7O2S/c1-5-22-32-17(2)31-12-8-18-14-25(3,4)36(15-18)23-19(24(38)35-40-22)6-7-20(33-23)37-13-9-21(34-37)39-16-26(10-11-26)27(28,29)30/h5-7,9,13,18,31H,1-2,8,10-12,14-16H2,3-4H3,(H,35,38)/b32-22+. The van der Waals surface area contributed by atoms with Crippen LogP contribution in [-0.4, -0.2) is 57.1 Å². The lowest BCUT2D eigenvalue weighted by atomic mass is 9.94. The smallest absolute Gasteiger partial charge is 0.397 e. The average molecular weight is 576 g/mol. The molecule has 0 radical (unpaired) electrons. The number of hydrogen-bond donors (Lipinski definition) is 2. The predicted octanol–water partition coefficient (Wildman–Crippen LogP) is 5.02. The number of amides is 1. The molecule has 5 rings (SSSR count). The lowest BCUT2D eigenvalue weighted by molar-refractivity contribution is -0.194. The number of rotatable bonds is 5. The van der Waals surface area contributed by atoms with Gasteiger partial charge in [0.25, 0.3) is 5.91 Å². The highest BCUT2D eigenvalue weighted by atomic mass is 32.2. The van der Waals surface area contributed by atoms with Crippen LogP contribution in [0.3, 0.4) is 0 Å². The van der Waals surface area contributed by atoms with Gasteiger partial charge in [0.1, 0.15) is 28.7 Å². The Kier molecular flexibility index (Phi) is 7.36. The summed E-state index contributed by atoms with van der Waals surface area (Å²) in [6, 6.07) is 4.84. The molecule has 2 fully saturated rings. The van der Waals surface area contributed by atoms with Gasteiger partial charge in [-0.2, -0.15) is 13.2 Å². The summed E-state index contributed by atoms with van der Waals surface area (Å²) in [4.78, 5) is 24.7. The number of carbonyl (C=O) groups is 1. The zero-order valence-corrected chi connectivity index (χ0v) is 23.2. The number of aromatic nitrogens is 3. The van der Waals surface area contributed by atoms with Gasteiger partial charge >= 0.3 is 6.18 Å². The van der Waals surface area contributed by atoms with Crippen molar-refractivity contribution in [3.8, 4) is 11.7 Å². The molecule has 2 bridgehead atoms. The quantitative estimate of drug-likeness (QED) is 0.484. The Labute approximate surface area is 235 Å². The number of hydrogen-bond acceptors (Lipinski definition) is 8. The van der Waals surface area contributed by atoms with Crippen molar-refractivity contribution < 1.29 is 22.7 Å². The Bertz CT molecular complexity index is 1350. The first-order valence-corrected chi connectivity index (χ1v) is 13.9. The van der Waals surface area contributed by atoms with Crippen LogP contribution in [-0.2, 0) is 0 Å². The van der Waals surface area contributed by atoms with Crippen LogP contribution >= 0.6 is 11.9 Å². The molecule has 1 saturated carbocycles. The summed E-state index contributed by atoms with van der Waals surface area (Å²) in [5.74, 6) is 1.49. The second-order valence-electron chi connectivity index (χ2n) is 11.0. The Balaban J connectivity index is 1.45. The molecule has 3 aliphatic rings. The van der Waals surface area contributed by atoms with E-state index in [0.29, 0.717) is 47.1 Å². The van der Waals surface area contributed by atoms with Gasteiger partial charge in [0.2, 0.25) is 5.88 Å². The number of pyridine rings is 1. The van der Waals surface area contributed by atoms with E-state index in [2.05, 4.69) is 52.0 Å². The van der Waals surface area contributed by atoms with E-state index >= 15 is 0 Å². The SMILES string of the molecule is C=C/C1=N\C(=C)NCCC2CN(c3nc(-n4ccc(OCC5(C(F)(F)F)CC5)n4)ccc3C(=O)NS1)C(C)(C)C2. The molecule has 1 amide bonds. The normalized spacial score (nSPS) is 23.7. The monoisotopic (exact) mass is 575 g/mol. The second-order valence-corrected chi connectivity index (χ2v) is 11.9. The molecule has 2 aromatic heterocycles. The van der Waals surface area contributed by atoms with Gasteiger partial charge in [-0.15, -0.1) is 5.10 Å². The maximum Gasteiger partial charge on any atom is 0.397 e. The first kappa shape index (κ1) is 28.1. The lowest BCUT2D eigenvalue weighted by Gasteiger charge is -2.34. The highest BCUT2D eigenvalue weighted by Gasteiger charge is 2.64. The number of carbonyl (C=O) groups excluding carboxylic acids is 1. The van der Waals surface area contributed by atoms with Crippen molar-refractivity contribution in [3.63, 3.8) is 0 Å². The molecule has 1 aliphatic carbocycles. The van der Waals surface area contributed by atoms with Crippen LogP contribution in [0.2, 0.25) is 0 Å². The fourth-order valence-corrected chi connectivity index (χ4v) is 5.69. The summed E-state index contributed by atoms with van der Waals surface area (Å²) in [6.45, 7) is 12.9. The maximum atomic E-state index is 13.4. The van der Waals surface area contributed by atoms with Crippen LogP contribution in [0, 0.1) is 11.3 Å². The minimum atomic E-state index is -4.30. The maximum absolute atomic E-state index is 13.4. The average Bonchev–Trinajstić information content (AvgIpc) is 3.46. The molecular formula is C27H32F3N7O2S.